The Kier molecular flexibility index (Phi) is 3.89. The number of alkyl halides is 3. The minimum Gasteiger partial charge on any atom is -0.267 e. The molecule has 0 spiro atoms. The summed E-state index contributed by atoms with van der Waals surface area (Å²) in [6, 6.07) is 6.36. The number of amides is 1. The van der Waals surface area contributed by atoms with Gasteiger partial charge in [0.05, 0.1) is 0 Å². The van der Waals surface area contributed by atoms with Gasteiger partial charge in [-0.15, -0.1) is 0 Å². The fourth-order valence-electron chi connectivity index (χ4n) is 0.947. The van der Waals surface area contributed by atoms with E-state index in [1.54, 1.807) is 17.6 Å². The predicted octanol–water partition coefficient (Wildman–Crippen LogP) is 2.22. The normalized spacial score (nSPS) is 11.2. The van der Waals surface area contributed by atoms with E-state index in [9.17, 15) is 18.0 Å². The molecule has 0 bridgehead atoms. The second-order valence-corrected chi connectivity index (χ2v) is 3.20. The number of rotatable bonds is 3. The fraction of sp³-hybridized carbons (Fsp3) is 0.300. The molecule has 1 aromatic carbocycles. The van der Waals surface area contributed by atoms with Crippen LogP contribution in [0.15, 0.2) is 24.3 Å². The Bertz CT molecular complexity index is 359. The molecule has 0 aliphatic carbocycles. The highest BCUT2D eigenvalue weighted by Crippen LogP contribution is 2.13. The molecule has 0 atom stereocenters. The standard InChI is InChI=1S/C10H10F3NO2/c1-7-2-4-8(5-3-7)9(15)14-16-6-10(11,12)13/h2-5H,6H2,1H3,(H,14,15). The van der Waals surface area contributed by atoms with Gasteiger partial charge in [0, 0.05) is 5.56 Å². The van der Waals surface area contributed by atoms with E-state index in [0.29, 0.717) is 0 Å². The van der Waals surface area contributed by atoms with Gasteiger partial charge in [0.2, 0.25) is 0 Å². The molecule has 3 nitrogen and oxygen atoms in total. The van der Waals surface area contributed by atoms with Crippen LogP contribution in [0.25, 0.3) is 0 Å². The number of hydroxylamine groups is 1. The van der Waals surface area contributed by atoms with Crippen molar-refractivity contribution in [1.82, 2.24) is 5.48 Å². The molecule has 88 valence electrons. The van der Waals surface area contributed by atoms with Crippen LogP contribution in [0.2, 0.25) is 0 Å². The van der Waals surface area contributed by atoms with Gasteiger partial charge in [-0.2, -0.15) is 13.2 Å². The number of benzene rings is 1. The predicted molar refractivity (Wildman–Crippen MR) is 50.7 cm³/mol. The molecule has 6 heteroatoms. The minimum absolute atomic E-state index is 0.243. The number of carbonyl (C=O) groups excluding carboxylic acids is 1. The van der Waals surface area contributed by atoms with Gasteiger partial charge < -0.3 is 0 Å². The lowest BCUT2D eigenvalue weighted by Crippen LogP contribution is -2.29. The zero-order valence-electron chi connectivity index (χ0n) is 8.47. The van der Waals surface area contributed by atoms with Crippen LogP contribution >= 0.6 is 0 Å². The molecule has 0 unspecified atom stereocenters. The lowest BCUT2D eigenvalue weighted by molar-refractivity contribution is -0.184. The van der Waals surface area contributed by atoms with Crippen molar-refractivity contribution in [3.05, 3.63) is 35.4 Å². The van der Waals surface area contributed by atoms with Crippen molar-refractivity contribution in [1.29, 1.82) is 0 Å². The largest absolute Gasteiger partial charge is 0.414 e. The van der Waals surface area contributed by atoms with Crippen LogP contribution in [0.4, 0.5) is 13.2 Å². The summed E-state index contributed by atoms with van der Waals surface area (Å²) in [7, 11) is 0. The van der Waals surface area contributed by atoms with Crippen molar-refractivity contribution < 1.29 is 22.8 Å². The van der Waals surface area contributed by atoms with Crippen molar-refractivity contribution in [2.45, 2.75) is 13.1 Å². The second-order valence-electron chi connectivity index (χ2n) is 3.20. The maximum absolute atomic E-state index is 11.7. The Morgan fingerprint density at radius 2 is 1.88 bits per heavy atom. The fourth-order valence-corrected chi connectivity index (χ4v) is 0.947. The quantitative estimate of drug-likeness (QED) is 0.813. The maximum atomic E-state index is 11.7. The highest BCUT2D eigenvalue weighted by molar-refractivity contribution is 5.93. The number of aryl methyl sites for hydroxylation is 1. The molecule has 1 N–H and O–H groups in total. The van der Waals surface area contributed by atoms with Crippen LogP contribution in [0.1, 0.15) is 15.9 Å². The minimum atomic E-state index is -4.46. The van der Waals surface area contributed by atoms with Crippen molar-refractivity contribution in [3.8, 4) is 0 Å². The highest BCUT2D eigenvalue weighted by Gasteiger charge is 2.28. The van der Waals surface area contributed by atoms with Gasteiger partial charge in [0.25, 0.3) is 5.91 Å². The molecule has 1 aromatic rings. The first kappa shape index (κ1) is 12.5. The van der Waals surface area contributed by atoms with Gasteiger partial charge in [-0.05, 0) is 19.1 Å². The first-order valence-electron chi connectivity index (χ1n) is 4.44. The molecule has 0 heterocycles. The summed E-state index contributed by atoms with van der Waals surface area (Å²) in [5.41, 5.74) is 2.91. The summed E-state index contributed by atoms with van der Waals surface area (Å²) in [5.74, 6) is -0.704. The van der Waals surface area contributed by atoms with Crippen LogP contribution in [0.5, 0.6) is 0 Å². The molecule has 0 saturated heterocycles. The molecule has 0 aromatic heterocycles. The zero-order chi connectivity index (χ0) is 12.2. The number of hydrogen-bond donors (Lipinski definition) is 1. The number of carbonyl (C=O) groups is 1. The summed E-state index contributed by atoms with van der Waals surface area (Å²) < 4.78 is 35.1. The Labute approximate surface area is 90.2 Å². The van der Waals surface area contributed by atoms with Crippen LogP contribution in [-0.2, 0) is 4.84 Å². The molecule has 0 saturated carbocycles. The Morgan fingerprint density at radius 1 is 1.31 bits per heavy atom. The summed E-state index contributed by atoms with van der Waals surface area (Å²) in [5, 5.41) is 0. The molecular weight excluding hydrogens is 223 g/mol. The van der Waals surface area contributed by atoms with Gasteiger partial charge in [-0.1, -0.05) is 17.7 Å². The highest BCUT2D eigenvalue weighted by atomic mass is 19.4. The third kappa shape index (κ3) is 4.31. The first-order chi connectivity index (χ1) is 7.38. The average Bonchev–Trinajstić information content (AvgIpc) is 2.16. The van der Waals surface area contributed by atoms with Crippen molar-refractivity contribution >= 4 is 5.91 Å². The lowest BCUT2D eigenvalue weighted by atomic mass is 10.1. The van der Waals surface area contributed by atoms with Crippen molar-refractivity contribution in [2.24, 2.45) is 0 Å². The van der Waals surface area contributed by atoms with Gasteiger partial charge in [-0.3, -0.25) is 9.63 Å². The summed E-state index contributed by atoms with van der Waals surface area (Å²) in [6.07, 6.45) is -4.46. The van der Waals surface area contributed by atoms with E-state index in [-0.39, 0.29) is 5.56 Å². The van der Waals surface area contributed by atoms with Crippen molar-refractivity contribution in [3.63, 3.8) is 0 Å². The summed E-state index contributed by atoms with van der Waals surface area (Å²) in [6.45, 7) is 0.326. The van der Waals surface area contributed by atoms with E-state index in [1.807, 2.05) is 6.92 Å². The smallest absolute Gasteiger partial charge is 0.267 e. The summed E-state index contributed by atoms with van der Waals surface area (Å²) in [4.78, 5) is 15.3. The van der Waals surface area contributed by atoms with E-state index in [0.717, 1.165) is 5.56 Å². The second kappa shape index (κ2) is 4.98. The lowest BCUT2D eigenvalue weighted by Gasteiger charge is -2.08. The number of nitrogens with one attached hydrogen (secondary N) is 1. The SMILES string of the molecule is Cc1ccc(C(=O)NOCC(F)(F)F)cc1. The molecule has 0 radical (unpaired) electrons. The van der Waals surface area contributed by atoms with E-state index in [4.69, 9.17) is 0 Å². The average molecular weight is 233 g/mol. The molecule has 1 amide bonds. The van der Waals surface area contributed by atoms with Crippen LogP contribution in [0, 0.1) is 6.92 Å². The maximum Gasteiger partial charge on any atom is 0.414 e. The topological polar surface area (TPSA) is 38.3 Å². The molecule has 0 aliphatic heterocycles. The van der Waals surface area contributed by atoms with E-state index >= 15 is 0 Å². The van der Waals surface area contributed by atoms with Crippen LogP contribution < -0.4 is 5.48 Å². The van der Waals surface area contributed by atoms with E-state index < -0.39 is 18.7 Å². The molecule has 1 rings (SSSR count). The molecule has 0 aliphatic rings. The van der Waals surface area contributed by atoms with Crippen molar-refractivity contribution in [2.75, 3.05) is 6.61 Å². The number of halogens is 3. The first-order valence-corrected chi connectivity index (χ1v) is 4.44. The van der Waals surface area contributed by atoms with Crippen LogP contribution in [-0.4, -0.2) is 18.7 Å². The van der Waals surface area contributed by atoms with E-state index in [1.165, 1.54) is 12.1 Å². The van der Waals surface area contributed by atoms with Crippen LogP contribution in [0.3, 0.4) is 0 Å². The Balaban J connectivity index is 2.44. The molecule has 0 fully saturated rings. The molecular formula is C10H10F3NO2. The molecule has 16 heavy (non-hydrogen) atoms. The Hall–Kier alpha value is -1.56. The zero-order valence-corrected chi connectivity index (χ0v) is 8.47. The summed E-state index contributed by atoms with van der Waals surface area (Å²) >= 11 is 0. The number of hydrogen-bond acceptors (Lipinski definition) is 2. The van der Waals surface area contributed by atoms with Gasteiger partial charge in [-0.25, -0.2) is 5.48 Å². The third-order valence-electron chi connectivity index (χ3n) is 1.71. The van der Waals surface area contributed by atoms with Gasteiger partial charge in [0.1, 0.15) is 0 Å². The van der Waals surface area contributed by atoms with E-state index in [2.05, 4.69) is 4.84 Å². The monoisotopic (exact) mass is 233 g/mol. The van der Waals surface area contributed by atoms with Gasteiger partial charge >= 0.3 is 6.18 Å². The van der Waals surface area contributed by atoms with Gasteiger partial charge in [0.15, 0.2) is 6.61 Å². The Morgan fingerprint density at radius 3 is 2.38 bits per heavy atom. The third-order valence-corrected chi connectivity index (χ3v) is 1.71.